The number of nitrogens with two attached hydrogens (primary N) is 1. The highest BCUT2D eigenvalue weighted by Gasteiger charge is 2.11. The molecule has 0 aliphatic rings. The lowest BCUT2D eigenvalue weighted by Gasteiger charge is -2.18. The van der Waals surface area contributed by atoms with Gasteiger partial charge in [0, 0.05) is 21.6 Å². The first-order valence-electron chi connectivity index (χ1n) is 5.47. The maximum atomic E-state index is 5.83. The fraction of sp³-hybridized carbons (Fsp3) is 0.231. The van der Waals surface area contributed by atoms with Gasteiger partial charge in [-0.1, -0.05) is 12.1 Å². The summed E-state index contributed by atoms with van der Waals surface area (Å²) in [5.41, 5.74) is 8.15. The van der Waals surface area contributed by atoms with E-state index in [0.29, 0.717) is 6.54 Å². The first-order valence-corrected chi connectivity index (χ1v) is 7.14. The average molecular weight is 311 g/mol. The van der Waals surface area contributed by atoms with E-state index in [1.54, 1.807) is 11.3 Å². The zero-order chi connectivity index (χ0) is 12.3. The Kier molecular flexibility index (Phi) is 4.20. The Morgan fingerprint density at radius 3 is 2.88 bits per heavy atom. The number of aryl methyl sites for hydroxylation is 1. The van der Waals surface area contributed by atoms with E-state index in [1.807, 2.05) is 0 Å². The molecule has 0 aliphatic carbocycles. The fourth-order valence-corrected chi connectivity index (χ4v) is 2.83. The van der Waals surface area contributed by atoms with Gasteiger partial charge in [0.2, 0.25) is 0 Å². The van der Waals surface area contributed by atoms with Gasteiger partial charge in [0.05, 0.1) is 6.04 Å². The molecule has 1 aromatic heterocycles. The van der Waals surface area contributed by atoms with Crippen molar-refractivity contribution < 1.29 is 0 Å². The van der Waals surface area contributed by atoms with Crippen LogP contribution in [0.2, 0.25) is 0 Å². The number of hydrogen-bond acceptors (Lipinski definition) is 3. The number of anilines is 1. The van der Waals surface area contributed by atoms with Gasteiger partial charge in [-0.15, -0.1) is 11.3 Å². The summed E-state index contributed by atoms with van der Waals surface area (Å²) in [6, 6.07) is 10.6. The summed E-state index contributed by atoms with van der Waals surface area (Å²) in [4.78, 5) is 1.26. The molecule has 0 aliphatic heterocycles. The van der Waals surface area contributed by atoms with Crippen LogP contribution in [0.4, 0.5) is 5.69 Å². The standard InChI is InChI=1S/C13H15BrN2S/c1-9-4-5-10(14)11(7-9)16-12(8-15)13-3-2-6-17-13/h2-7,12,16H,8,15H2,1H3. The predicted molar refractivity (Wildman–Crippen MR) is 78.6 cm³/mol. The lowest BCUT2D eigenvalue weighted by Crippen LogP contribution is -2.19. The summed E-state index contributed by atoms with van der Waals surface area (Å²) in [6.07, 6.45) is 0. The molecule has 2 rings (SSSR count). The van der Waals surface area contributed by atoms with Crippen LogP contribution in [0.1, 0.15) is 16.5 Å². The van der Waals surface area contributed by atoms with E-state index < -0.39 is 0 Å². The van der Waals surface area contributed by atoms with Gasteiger partial charge in [-0.2, -0.15) is 0 Å². The highest BCUT2D eigenvalue weighted by molar-refractivity contribution is 9.10. The molecule has 1 heterocycles. The largest absolute Gasteiger partial charge is 0.375 e. The minimum absolute atomic E-state index is 0.174. The summed E-state index contributed by atoms with van der Waals surface area (Å²) in [6.45, 7) is 2.67. The van der Waals surface area contributed by atoms with Gasteiger partial charge < -0.3 is 11.1 Å². The van der Waals surface area contributed by atoms with Gasteiger partial charge in [-0.25, -0.2) is 0 Å². The molecule has 2 nitrogen and oxygen atoms in total. The average Bonchev–Trinajstić information content (AvgIpc) is 2.84. The Balaban J connectivity index is 2.21. The van der Waals surface area contributed by atoms with Crippen LogP contribution in [0.3, 0.4) is 0 Å². The Morgan fingerprint density at radius 2 is 2.24 bits per heavy atom. The quantitative estimate of drug-likeness (QED) is 0.898. The van der Waals surface area contributed by atoms with Crippen LogP contribution in [0, 0.1) is 6.92 Å². The normalized spacial score (nSPS) is 12.4. The van der Waals surface area contributed by atoms with E-state index in [4.69, 9.17) is 5.73 Å². The molecule has 0 fully saturated rings. The number of benzene rings is 1. The van der Waals surface area contributed by atoms with Crippen molar-refractivity contribution in [2.24, 2.45) is 5.73 Å². The summed E-state index contributed by atoms with van der Waals surface area (Å²) in [5.74, 6) is 0. The molecular weight excluding hydrogens is 296 g/mol. The van der Waals surface area contributed by atoms with Crippen molar-refractivity contribution in [2.45, 2.75) is 13.0 Å². The molecule has 0 spiro atoms. The highest BCUT2D eigenvalue weighted by Crippen LogP contribution is 2.28. The topological polar surface area (TPSA) is 38.0 Å². The Hall–Kier alpha value is -0.840. The number of halogens is 1. The van der Waals surface area contributed by atoms with Crippen molar-refractivity contribution in [3.8, 4) is 0 Å². The zero-order valence-corrected chi connectivity index (χ0v) is 12.0. The van der Waals surface area contributed by atoms with Crippen LogP contribution < -0.4 is 11.1 Å². The number of thiophene rings is 1. The van der Waals surface area contributed by atoms with Gasteiger partial charge >= 0.3 is 0 Å². The lowest BCUT2D eigenvalue weighted by molar-refractivity contribution is 0.805. The minimum Gasteiger partial charge on any atom is -0.375 e. The molecule has 0 saturated heterocycles. The Labute approximate surface area is 114 Å². The third-order valence-electron chi connectivity index (χ3n) is 2.57. The maximum Gasteiger partial charge on any atom is 0.0728 e. The summed E-state index contributed by atoms with van der Waals surface area (Å²) in [7, 11) is 0. The van der Waals surface area contributed by atoms with E-state index in [9.17, 15) is 0 Å². The van der Waals surface area contributed by atoms with Gasteiger partial charge in [0.15, 0.2) is 0 Å². The minimum atomic E-state index is 0.174. The summed E-state index contributed by atoms with van der Waals surface area (Å²) < 4.78 is 1.07. The van der Waals surface area contributed by atoms with Crippen molar-refractivity contribution in [1.29, 1.82) is 0 Å². The van der Waals surface area contributed by atoms with Crippen LogP contribution >= 0.6 is 27.3 Å². The molecule has 17 heavy (non-hydrogen) atoms. The smallest absolute Gasteiger partial charge is 0.0728 e. The second kappa shape index (κ2) is 5.67. The van der Waals surface area contributed by atoms with Crippen LogP contribution in [0.25, 0.3) is 0 Å². The Morgan fingerprint density at radius 1 is 1.41 bits per heavy atom. The third kappa shape index (κ3) is 3.09. The molecule has 2 aromatic rings. The molecule has 4 heteroatoms. The van der Waals surface area contributed by atoms with Crippen LogP contribution in [-0.2, 0) is 0 Å². The molecular formula is C13H15BrN2S. The van der Waals surface area contributed by atoms with E-state index in [1.165, 1.54) is 10.4 Å². The second-order valence-electron chi connectivity index (χ2n) is 3.93. The van der Waals surface area contributed by atoms with E-state index in [2.05, 4.69) is 63.9 Å². The summed E-state index contributed by atoms with van der Waals surface area (Å²) in [5, 5.41) is 5.55. The molecule has 0 radical (unpaired) electrons. The van der Waals surface area contributed by atoms with Gasteiger partial charge in [0.25, 0.3) is 0 Å². The Bertz CT molecular complexity index is 482. The lowest BCUT2D eigenvalue weighted by atomic mass is 10.2. The number of hydrogen-bond donors (Lipinski definition) is 2. The van der Waals surface area contributed by atoms with Crippen LogP contribution in [0.15, 0.2) is 40.2 Å². The molecule has 1 aromatic carbocycles. The number of nitrogens with one attached hydrogen (secondary N) is 1. The molecule has 90 valence electrons. The molecule has 1 atom stereocenters. The zero-order valence-electron chi connectivity index (χ0n) is 9.61. The van der Waals surface area contributed by atoms with Crippen molar-refractivity contribution in [1.82, 2.24) is 0 Å². The van der Waals surface area contributed by atoms with E-state index in [0.717, 1.165) is 10.2 Å². The maximum absolute atomic E-state index is 5.83. The van der Waals surface area contributed by atoms with Gasteiger partial charge in [0.1, 0.15) is 0 Å². The van der Waals surface area contributed by atoms with Crippen molar-refractivity contribution in [3.63, 3.8) is 0 Å². The van der Waals surface area contributed by atoms with Gasteiger partial charge in [-0.05, 0) is 52.0 Å². The first-order chi connectivity index (χ1) is 8.20. The molecule has 0 bridgehead atoms. The van der Waals surface area contributed by atoms with E-state index >= 15 is 0 Å². The highest BCUT2D eigenvalue weighted by atomic mass is 79.9. The SMILES string of the molecule is Cc1ccc(Br)c(NC(CN)c2cccs2)c1. The molecule has 0 amide bonds. The predicted octanol–water partition coefficient (Wildman–Crippen LogP) is 3.93. The third-order valence-corrected chi connectivity index (χ3v) is 4.25. The monoisotopic (exact) mass is 310 g/mol. The van der Waals surface area contributed by atoms with Crippen molar-refractivity contribution >= 4 is 33.0 Å². The van der Waals surface area contributed by atoms with Crippen LogP contribution in [0.5, 0.6) is 0 Å². The fourth-order valence-electron chi connectivity index (χ4n) is 1.67. The van der Waals surface area contributed by atoms with Crippen molar-refractivity contribution in [2.75, 3.05) is 11.9 Å². The van der Waals surface area contributed by atoms with Crippen LogP contribution in [-0.4, -0.2) is 6.54 Å². The second-order valence-corrected chi connectivity index (χ2v) is 5.76. The van der Waals surface area contributed by atoms with Gasteiger partial charge in [-0.3, -0.25) is 0 Å². The number of rotatable bonds is 4. The summed E-state index contributed by atoms with van der Waals surface area (Å²) >= 11 is 5.28. The van der Waals surface area contributed by atoms with E-state index in [-0.39, 0.29) is 6.04 Å². The van der Waals surface area contributed by atoms with Crippen molar-refractivity contribution in [3.05, 3.63) is 50.6 Å². The molecule has 1 unspecified atom stereocenters. The molecule has 3 N–H and O–H groups in total. The first kappa shape index (κ1) is 12.6. The molecule has 0 saturated carbocycles.